The lowest BCUT2D eigenvalue weighted by Gasteiger charge is -2.14. The standard InChI is InChI=1S/C12H14O5.C9H11NO3.C2H3ClO2/c1-16-10-6-4-3-5-8(10)9(12(14)15)7-11(13)17-2;1-13-7-5-3-2-4-6(7)8(10)9(11)12;1-5-2(3)4/h3-6,9H,7H2,1-2H3,(H,14,15);2-5,8H,10H2,1H3,(H,11,12);1H3/t9-;8-;/m11./s1. The Bertz CT molecular complexity index is 982. The van der Waals surface area contributed by atoms with Gasteiger partial charge in [0.15, 0.2) is 0 Å². The molecule has 0 spiro atoms. The van der Waals surface area contributed by atoms with E-state index in [4.69, 9.17) is 25.4 Å². The number of esters is 1. The second kappa shape index (κ2) is 16.7. The maximum atomic E-state index is 11.2. The summed E-state index contributed by atoms with van der Waals surface area (Å²) in [6, 6.07) is 12.5. The molecule has 0 saturated carbocycles. The molecule has 0 saturated heterocycles. The molecule has 0 aliphatic rings. The molecule has 0 aliphatic heterocycles. The SMILES string of the molecule is COC(=O)C[C@@H](C(=O)O)c1ccccc1OC.COC(=O)Cl.COc1ccccc1[C@@H](N)C(=O)O. The molecule has 2 rings (SSSR count). The summed E-state index contributed by atoms with van der Waals surface area (Å²) >= 11 is 4.60. The first-order valence-corrected chi connectivity index (χ1v) is 10.2. The van der Waals surface area contributed by atoms with E-state index in [1.54, 1.807) is 48.5 Å². The Kier molecular flexibility index (Phi) is 14.9. The van der Waals surface area contributed by atoms with E-state index >= 15 is 0 Å². The van der Waals surface area contributed by atoms with E-state index in [9.17, 15) is 19.2 Å². The molecule has 0 aromatic heterocycles. The van der Waals surface area contributed by atoms with Crippen molar-refractivity contribution in [1.29, 1.82) is 0 Å². The quantitative estimate of drug-likeness (QED) is 0.349. The molecule has 2 atom stereocenters. The van der Waals surface area contributed by atoms with Gasteiger partial charge in [0.1, 0.15) is 17.5 Å². The summed E-state index contributed by atoms with van der Waals surface area (Å²) in [4.78, 5) is 42.3. The van der Waals surface area contributed by atoms with Crippen LogP contribution in [-0.2, 0) is 23.9 Å². The highest BCUT2D eigenvalue weighted by Crippen LogP contribution is 2.29. The van der Waals surface area contributed by atoms with Crippen molar-refractivity contribution in [2.24, 2.45) is 5.73 Å². The van der Waals surface area contributed by atoms with Gasteiger partial charge in [-0.1, -0.05) is 36.4 Å². The van der Waals surface area contributed by atoms with Crippen molar-refractivity contribution in [3.05, 3.63) is 59.7 Å². The van der Waals surface area contributed by atoms with Crippen LogP contribution in [0.3, 0.4) is 0 Å². The van der Waals surface area contributed by atoms with E-state index in [-0.39, 0.29) is 6.42 Å². The van der Waals surface area contributed by atoms with Gasteiger partial charge < -0.3 is 34.9 Å². The molecule has 0 heterocycles. The highest BCUT2D eigenvalue weighted by molar-refractivity contribution is 6.61. The Labute approximate surface area is 207 Å². The second-order valence-electron chi connectivity index (χ2n) is 6.41. The van der Waals surface area contributed by atoms with Crippen LogP contribution in [0, 0.1) is 0 Å². The molecule has 12 heteroatoms. The molecule has 35 heavy (non-hydrogen) atoms. The van der Waals surface area contributed by atoms with Crippen LogP contribution in [0.1, 0.15) is 29.5 Å². The Balaban J connectivity index is 0.000000567. The van der Waals surface area contributed by atoms with E-state index in [0.717, 1.165) is 0 Å². The van der Waals surface area contributed by atoms with E-state index in [1.165, 1.54) is 28.4 Å². The van der Waals surface area contributed by atoms with Crippen LogP contribution in [0.15, 0.2) is 48.5 Å². The summed E-state index contributed by atoms with van der Waals surface area (Å²) < 4.78 is 18.4. The number of hydrogen-bond donors (Lipinski definition) is 3. The lowest BCUT2D eigenvalue weighted by molar-refractivity contribution is -0.147. The highest BCUT2D eigenvalue weighted by atomic mass is 35.5. The van der Waals surface area contributed by atoms with Gasteiger partial charge in [-0.25, -0.2) is 4.79 Å². The number of benzene rings is 2. The molecular weight excluding hydrogens is 486 g/mol. The monoisotopic (exact) mass is 513 g/mol. The van der Waals surface area contributed by atoms with E-state index < -0.39 is 35.3 Å². The topological polar surface area (TPSA) is 172 Å². The number of carbonyl (C=O) groups is 4. The molecular formula is C23H28ClNO10. The minimum absolute atomic E-state index is 0.216. The molecule has 0 amide bonds. The molecule has 0 unspecified atom stereocenters. The zero-order valence-electron chi connectivity index (χ0n) is 19.6. The molecule has 2 aromatic carbocycles. The van der Waals surface area contributed by atoms with Crippen molar-refractivity contribution in [2.45, 2.75) is 18.4 Å². The fraction of sp³-hybridized carbons (Fsp3) is 0.304. The minimum Gasteiger partial charge on any atom is -0.496 e. The number of carboxylic acids is 2. The first-order valence-electron chi connectivity index (χ1n) is 9.81. The van der Waals surface area contributed by atoms with Crippen LogP contribution in [0.4, 0.5) is 4.79 Å². The number of nitrogens with two attached hydrogens (primary N) is 1. The number of para-hydroxylation sites is 2. The lowest BCUT2D eigenvalue weighted by atomic mass is 9.95. The predicted octanol–water partition coefficient (Wildman–Crippen LogP) is 3.20. The van der Waals surface area contributed by atoms with Crippen molar-refractivity contribution in [3.63, 3.8) is 0 Å². The lowest BCUT2D eigenvalue weighted by Crippen LogP contribution is -2.21. The van der Waals surface area contributed by atoms with E-state index in [1.807, 2.05) is 0 Å². The Morgan fingerprint density at radius 1 is 0.800 bits per heavy atom. The number of hydrogen-bond acceptors (Lipinski definition) is 9. The number of aliphatic carboxylic acids is 2. The van der Waals surface area contributed by atoms with Crippen molar-refractivity contribution in [3.8, 4) is 11.5 Å². The first kappa shape index (κ1) is 31.2. The highest BCUT2D eigenvalue weighted by Gasteiger charge is 2.26. The van der Waals surface area contributed by atoms with Gasteiger partial charge in [-0.05, 0) is 12.1 Å². The van der Waals surface area contributed by atoms with Crippen LogP contribution < -0.4 is 15.2 Å². The van der Waals surface area contributed by atoms with Gasteiger partial charge in [0, 0.05) is 22.7 Å². The number of ether oxygens (including phenoxy) is 4. The smallest absolute Gasteiger partial charge is 0.403 e. The average molecular weight is 514 g/mol. The number of rotatable bonds is 8. The predicted molar refractivity (Wildman–Crippen MR) is 126 cm³/mol. The molecule has 11 nitrogen and oxygen atoms in total. The first-order chi connectivity index (χ1) is 16.5. The Morgan fingerprint density at radius 2 is 1.23 bits per heavy atom. The summed E-state index contributed by atoms with van der Waals surface area (Å²) in [6.45, 7) is 0. The third-order valence-corrected chi connectivity index (χ3v) is 4.47. The molecule has 0 bridgehead atoms. The largest absolute Gasteiger partial charge is 0.496 e. The van der Waals surface area contributed by atoms with Crippen molar-refractivity contribution in [1.82, 2.24) is 0 Å². The van der Waals surface area contributed by atoms with Crippen LogP contribution in [0.5, 0.6) is 11.5 Å². The summed E-state index contributed by atoms with van der Waals surface area (Å²) in [5.74, 6) is -2.73. The van der Waals surface area contributed by atoms with Crippen LogP contribution in [0.2, 0.25) is 0 Å². The fourth-order valence-corrected chi connectivity index (χ4v) is 2.59. The molecule has 0 fully saturated rings. The number of carbonyl (C=O) groups excluding carboxylic acids is 2. The van der Waals surface area contributed by atoms with Crippen LogP contribution in [0.25, 0.3) is 0 Å². The number of carboxylic acid groups (broad SMARTS) is 2. The van der Waals surface area contributed by atoms with Crippen LogP contribution >= 0.6 is 11.6 Å². The van der Waals surface area contributed by atoms with Crippen LogP contribution in [-0.4, -0.2) is 62.0 Å². The van der Waals surface area contributed by atoms with Gasteiger partial charge in [-0.3, -0.25) is 14.4 Å². The van der Waals surface area contributed by atoms with Gasteiger partial charge in [0.2, 0.25) is 0 Å². The average Bonchev–Trinajstić information content (AvgIpc) is 2.86. The zero-order valence-corrected chi connectivity index (χ0v) is 20.4. The summed E-state index contributed by atoms with van der Waals surface area (Å²) in [6.07, 6.45) is -0.216. The van der Waals surface area contributed by atoms with Gasteiger partial charge in [-0.15, -0.1) is 0 Å². The van der Waals surface area contributed by atoms with Gasteiger partial charge >= 0.3 is 23.3 Å². The molecule has 192 valence electrons. The number of methoxy groups -OCH3 is 4. The summed E-state index contributed by atoms with van der Waals surface area (Å²) in [7, 11) is 5.38. The maximum absolute atomic E-state index is 11.2. The van der Waals surface area contributed by atoms with Gasteiger partial charge in [-0.2, -0.15) is 0 Å². The molecule has 0 aliphatic carbocycles. The normalized spacial score (nSPS) is 11.1. The van der Waals surface area contributed by atoms with Crippen molar-refractivity contribution in [2.75, 3.05) is 28.4 Å². The third kappa shape index (κ3) is 11.2. The fourth-order valence-electron chi connectivity index (χ4n) is 2.59. The molecule has 4 N–H and O–H groups in total. The second-order valence-corrected chi connectivity index (χ2v) is 6.72. The summed E-state index contributed by atoms with van der Waals surface area (Å²) in [5.41, 5.74) is 5.61. The van der Waals surface area contributed by atoms with Crippen molar-refractivity contribution < 1.29 is 48.3 Å². The van der Waals surface area contributed by atoms with Crippen molar-refractivity contribution >= 4 is 34.9 Å². The van der Waals surface area contributed by atoms with Gasteiger partial charge in [0.25, 0.3) is 0 Å². The zero-order chi connectivity index (χ0) is 27.0. The third-order valence-electron chi connectivity index (χ3n) is 4.31. The van der Waals surface area contributed by atoms with Gasteiger partial charge in [0.05, 0.1) is 40.8 Å². The number of halogens is 1. The van der Waals surface area contributed by atoms with E-state index in [0.29, 0.717) is 22.6 Å². The minimum atomic E-state index is -1.08. The summed E-state index contributed by atoms with van der Waals surface area (Å²) in [5, 5.41) is 17.8. The van der Waals surface area contributed by atoms with E-state index in [2.05, 4.69) is 21.1 Å². The Morgan fingerprint density at radius 3 is 1.60 bits per heavy atom. The Hall–Kier alpha value is -3.83. The molecule has 0 radical (unpaired) electrons. The molecule has 2 aromatic rings. The maximum Gasteiger partial charge on any atom is 0.403 e.